The van der Waals surface area contributed by atoms with Crippen LogP contribution in [0.1, 0.15) is 18.4 Å². The largest absolute Gasteiger partial charge is 0.381 e. The van der Waals surface area contributed by atoms with Crippen LogP contribution in [0.2, 0.25) is 0 Å². The third kappa shape index (κ3) is 2.11. The second-order valence-corrected chi connectivity index (χ2v) is 4.35. The standard InChI is InChI=1S/C13H18FNO/c14-13(10-15,11-5-2-1-3-6-11)12-7-4-8-16-9-12/h1-3,5-6,12H,4,7-10,15H2. The molecule has 3 heteroatoms. The molecule has 1 aromatic rings. The van der Waals surface area contributed by atoms with E-state index in [4.69, 9.17) is 10.5 Å². The molecule has 0 radical (unpaired) electrons. The summed E-state index contributed by atoms with van der Waals surface area (Å²) in [4.78, 5) is 0. The Balaban J connectivity index is 2.24. The van der Waals surface area contributed by atoms with Crippen LogP contribution in [0.3, 0.4) is 0 Å². The normalized spacial score (nSPS) is 25.0. The SMILES string of the molecule is NCC(F)(c1ccccc1)C1CCCOC1. The molecular formula is C13H18FNO. The fraction of sp³-hybridized carbons (Fsp3) is 0.538. The molecule has 1 aliphatic heterocycles. The van der Waals surface area contributed by atoms with E-state index >= 15 is 0 Å². The van der Waals surface area contributed by atoms with Gasteiger partial charge < -0.3 is 10.5 Å². The van der Waals surface area contributed by atoms with E-state index in [1.165, 1.54) is 0 Å². The Morgan fingerprint density at radius 1 is 1.38 bits per heavy atom. The Hall–Kier alpha value is -0.930. The quantitative estimate of drug-likeness (QED) is 0.853. The Kier molecular flexibility index (Phi) is 3.56. The van der Waals surface area contributed by atoms with Crippen molar-refractivity contribution >= 4 is 0 Å². The molecule has 1 heterocycles. The number of rotatable bonds is 3. The minimum absolute atomic E-state index is 0.0189. The van der Waals surface area contributed by atoms with Crippen LogP contribution in [0.15, 0.2) is 30.3 Å². The predicted molar refractivity (Wildman–Crippen MR) is 61.8 cm³/mol. The first kappa shape index (κ1) is 11.6. The van der Waals surface area contributed by atoms with Crippen molar-refractivity contribution in [2.24, 2.45) is 11.7 Å². The van der Waals surface area contributed by atoms with Crippen LogP contribution in [0.5, 0.6) is 0 Å². The molecule has 88 valence electrons. The molecule has 0 amide bonds. The van der Waals surface area contributed by atoms with Crippen LogP contribution in [0.4, 0.5) is 4.39 Å². The van der Waals surface area contributed by atoms with Gasteiger partial charge in [-0.3, -0.25) is 0 Å². The fourth-order valence-corrected chi connectivity index (χ4v) is 2.34. The van der Waals surface area contributed by atoms with Crippen molar-refractivity contribution in [1.29, 1.82) is 0 Å². The van der Waals surface area contributed by atoms with Crippen LogP contribution in [0, 0.1) is 5.92 Å². The molecule has 0 spiro atoms. The molecule has 0 saturated carbocycles. The number of hydrogen-bond acceptors (Lipinski definition) is 2. The molecule has 2 unspecified atom stereocenters. The van der Waals surface area contributed by atoms with E-state index in [9.17, 15) is 4.39 Å². The van der Waals surface area contributed by atoms with Gasteiger partial charge in [0.15, 0.2) is 5.67 Å². The van der Waals surface area contributed by atoms with Crippen molar-refractivity contribution in [2.45, 2.75) is 18.5 Å². The number of benzene rings is 1. The zero-order valence-corrected chi connectivity index (χ0v) is 9.36. The molecule has 2 rings (SSSR count). The summed E-state index contributed by atoms with van der Waals surface area (Å²) in [5.41, 5.74) is 4.87. The first-order valence-corrected chi connectivity index (χ1v) is 5.79. The predicted octanol–water partition coefficient (Wildman–Crippen LogP) is 2.24. The van der Waals surface area contributed by atoms with Crippen LogP contribution in [-0.4, -0.2) is 19.8 Å². The van der Waals surface area contributed by atoms with Gasteiger partial charge in [0.25, 0.3) is 0 Å². The number of nitrogens with two attached hydrogens (primary N) is 1. The summed E-state index contributed by atoms with van der Waals surface area (Å²) in [5, 5.41) is 0. The van der Waals surface area contributed by atoms with E-state index in [1.807, 2.05) is 30.3 Å². The van der Waals surface area contributed by atoms with Gasteiger partial charge in [-0.05, 0) is 18.4 Å². The van der Waals surface area contributed by atoms with Crippen molar-refractivity contribution in [3.8, 4) is 0 Å². The molecule has 1 aliphatic rings. The van der Waals surface area contributed by atoms with Crippen molar-refractivity contribution < 1.29 is 9.13 Å². The monoisotopic (exact) mass is 223 g/mol. The summed E-state index contributed by atoms with van der Waals surface area (Å²) in [6.07, 6.45) is 1.77. The Labute approximate surface area is 95.6 Å². The third-order valence-corrected chi connectivity index (χ3v) is 3.36. The molecular weight excluding hydrogens is 205 g/mol. The smallest absolute Gasteiger partial charge is 0.153 e. The van der Waals surface area contributed by atoms with E-state index in [0.717, 1.165) is 19.4 Å². The van der Waals surface area contributed by atoms with E-state index in [0.29, 0.717) is 12.2 Å². The molecule has 16 heavy (non-hydrogen) atoms. The molecule has 1 fully saturated rings. The third-order valence-electron chi connectivity index (χ3n) is 3.36. The average molecular weight is 223 g/mol. The lowest BCUT2D eigenvalue weighted by atomic mass is 9.80. The topological polar surface area (TPSA) is 35.2 Å². The van der Waals surface area contributed by atoms with Gasteiger partial charge in [-0.1, -0.05) is 30.3 Å². The number of halogens is 1. The van der Waals surface area contributed by atoms with Crippen LogP contribution < -0.4 is 5.73 Å². The van der Waals surface area contributed by atoms with Gasteiger partial charge >= 0.3 is 0 Å². The summed E-state index contributed by atoms with van der Waals surface area (Å²) in [5.74, 6) is -0.117. The molecule has 0 bridgehead atoms. The van der Waals surface area contributed by atoms with Gasteiger partial charge in [0, 0.05) is 19.1 Å². The molecule has 1 saturated heterocycles. The maximum Gasteiger partial charge on any atom is 0.153 e. The van der Waals surface area contributed by atoms with Gasteiger partial charge in [0.05, 0.1) is 6.61 Å². The van der Waals surface area contributed by atoms with Crippen LogP contribution in [0.25, 0.3) is 0 Å². The molecule has 0 aromatic heterocycles. The molecule has 1 aromatic carbocycles. The number of alkyl halides is 1. The molecule has 2 atom stereocenters. The van der Waals surface area contributed by atoms with Gasteiger partial charge in [0.1, 0.15) is 0 Å². The van der Waals surface area contributed by atoms with E-state index < -0.39 is 5.67 Å². The Morgan fingerprint density at radius 3 is 2.69 bits per heavy atom. The lowest BCUT2D eigenvalue weighted by Gasteiger charge is -2.35. The van der Waals surface area contributed by atoms with Crippen LogP contribution >= 0.6 is 0 Å². The highest BCUT2D eigenvalue weighted by Gasteiger charge is 2.40. The Bertz CT molecular complexity index is 324. The summed E-state index contributed by atoms with van der Waals surface area (Å²) in [6.45, 7) is 1.24. The second kappa shape index (κ2) is 4.93. The highest BCUT2D eigenvalue weighted by Crippen LogP contribution is 2.37. The zero-order valence-electron chi connectivity index (χ0n) is 9.36. The second-order valence-electron chi connectivity index (χ2n) is 4.35. The summed E-state index contributed by atoms with van der Waals surface area (Å²) >= 11 is 0. The van der Waals surface area contributed by atoms with Gasteiger partial charge in [-0.25, -0.2) is 4.39 Å². The van der Waals surface area contributed by atoms with Gasteiger partial charge in [-0.2, -0.15) is 0 Å². The van der Waals surface area contributed by atoms with Gasteiger partial charge in [0.2, 0.25) is 0 Å². The van der Waals surface area contributed by atoms with Crippen molar-refractivity contribution in [1.82, 2.24) is 0 Å². The lowest BCUT2D eigenvalue weighted by molar-refractivity contribution is -0.0279. The minimum atomic E-state index is -1.44. The maximum atomic E-state index is 14.9. The summed E-state index contributed by atoms with van der Waals surface area (Å²) in [6, 6.07) is 9.20. The van der Waals surface area contributed by atoms with E-state index in [1.54, 1.807) is 0 Å². The Morgan fingerprint density at radius 2 is 2.12 bits per heavy atom. The van der Waals surface area contributed by atoms with Crippen LogP contribution in [-0.2, 0) is 10.4 Å². The van der Waals surface area contributed by atoms with E-state index in [2.05, 4.69) is 0 Å². The number of hydrogen-bond donors (Lipinski definition) is 1. The average Bonchev–Trinajstić information content (AvgIpc) is 2.40. The van der Waals surface area contributed by atoms with Crippen molar-refractivity contribution in [3.05, 3.63) is 35.9 Å². The summed E-state index contributed by atoms with van der Waals surface area (Å²) in [7, 11) is 0. The van der Waals surface area contributed by atoms with Crippen molar-refractivity contribution in [2.75, 3.05) is 19.8 Å². The first-order chi connectivity index (χ1) is 7.77. The zero-order chi connectivity index (χ0) is 11.4. The van der Waals surface area contributed by atoms with Gasteiger partial charge in [-0.15, -0.1) is 0 Å². The highest BCUT2D eigenvalue weighted by molar-refractivity contribution is 5.24. The van der Waals surface area contributed by atoms with Crippen molar-refractivity contribution in [3.63, 3.8) is 0 Å². The maximum absolute atomic E-state index is 14.9. The molecule has 2 nitrogen and oxygen atoms in total. The first-order valence-electron chi connectivity index (χ1n) is 5.79. The lowest BCUT2D eigenvalue weighted by Crippen LogP contribution is -2.42. The van der Waals surface area contributed by atoms with E-state index in [-0.39, 0.29) is 12.5 Å². The minimum Gasteiger partial charge on any atom is -0.381 e. The summed E-state index contributed by atoms with van der Waals surface area (Å²) < 4.78 is 20.3. The molecule has 2 N–H and O–H groups in total. The molecule has 0 aliphatic carbocycles. The number of ether oxygens (including phenoxy) is 1. The fourth-order valence-electron chi connectivity index (χ4n) is 2.34. The highest BCUT2D eigenvalue weighted by atomic mass is 19.1.